The van der Waals surface area contributed by atoms with Crippen LogP contribution >= 0.6 is 0 Å². The van der Waals surface area contributed by atoms with Gasteiger partial charge in [0.25, 0.3) is 0 Å². The number of halogens is 1. The Morgan fingerprint density at radius 1 is 1.14 bits per heavy atom. The van der Waals surface area contributed by atoms with E-state index in [1.165, 1.54) is 12.1 Å². The summed E-state index contributed by atoms with van der Waals surface area (Å²) in [4.78, 5) is 22.2. The van der Waals surface area contributed by atoms with Crippen LogP contribution in [0.25, 0.3) is 11.0 Å². The SMILES string of the molecule is Cc1nc2ccccc2n1[C@H](C)C(=O)N[C@@H](c1ccc(F)cc1)c1nccn1C. The zero-order chi connectivity index (χ0) is 20.5. The molecule has 2 aromatic carbocycles. The van der Waals surface area contributed by atoms with Gasteiger partial charge in [-0.3, -0.25) is 4.79 Å². The van der Waals surface area contributed by atoms with E-state index in [9.17, 15) is 9.18 Å². The number of carbonyl (C=O) groups excluding carboxylic acids is 1. The second kappa shape index (κ2) is 7.50. The third kappa shape index (κ3) is 3.51. The van der Waals surface area contributed by atoms with Crippen molar-refractivity contribution in [1.29, 1.82) is 0 Å². The average Bonchev–Trinajstić information content (AvgIpc) is 3.28. The number of imidazole rings is 2. The van der Waals surface area contributed by atoms with Crippen molar-refractivity contribution in [3.05, 3.63) is 84.0 Å². The van der Waals surface area contributed by atoms with Crippen molar-refractivity contribution < 1.29 is 9.18 Å². The van der Waals surface area contributed by atoms with Crippen LogP contribution in [0, 0.1) is 12.7 Å². The lowest BCUT2D eigenvalue weighted by Crippen LogP contribution is -2.36. The van der Waals surface area contributed by atoms with E-state index < -0.39 is 12.1 Å². The Kier molecular flexibility index (Phi) is 4.88. The minimum atomic E-state index is -0.499. The first-order chi connectivity index (χ1) is 14.0. The van der Waals surface area contributed by atoms with Crippen molar-refractivity contribution in [3.63, 3.8) is 0 Å². The van der Waals surface area contributed by atoms with Gasteiger partial charge in [-0.1, -0.05) is 24.3 Å². The second-order valence-electron chi connectivity index (χ2n) is 7.08. The molecule has 2 heterocycles. The summed E-state index contributed by atoms with van der Waals surface area (Å²) in [5, 5.41) is 3.08. The van der Waals surface area contributed by atoms with Gasteiger partial charge in [0.05, 0.1) is 11.0 Å². The first-order valence-corrected chi connectivity index (χ1v) is 9.42. The smallest absolute Gasteiger partial charge is 0.243 e. The monoisotopic (exact) mass is 391 g/mol. The maximum atomic E-state index is 13.4. The standard InChI is InChI=1S/C22H22FN5O/c1-14(28-15(2)25-18-6-4-5-7-19(18)28)22(29)26-20(21-24-12-13-27(21)3)16-8-10-17(23)11-9-16/h4-14,20H,1-3H3,(H,26,29)/t14-,20+/m1/s1. The van der Waals surface area contributed by atoms with Crippen molar-refractivity contribution in [2.75, 3.05) is 0 Å². The molecule has 7 heteroatoms. The van der Waals surface area contributed by atoms with E-state index in [0.717, 1.165) is 22.4 Å². The van der Waals surface area contributed by atoms with Crippen LogP contribution in [0.5, 0.6) is 0 Å². The first kappa shape index (κ1) is 18.9. The highest BCUT2D eigenvalue weighted by atomic mass is 19.1. The molecule has 0 unspecified atom stereocenters. The number of aryl methyl sites for hydroxylation is 2. The van der Waals surface area contributed by atoms with Gasteiger partial charge in [0, 0.05) is 19.4 Å². The van der Waals surface area contributed by atoms with Crippen LogP contribution < -0.4 is 5.32 Å². The van der Waals surface area contributed by atoms with Gasteiger partial charge < -0.3 is 14.5 Å². The highest BCUT2D eigenvalue weighted by Gasteiger charge is 2.26. The van der Waals surface area contributed by atoms with Crippen LogP contribution in [0.3, 0.4) is 0 Å². The normalized spacial score (nSPS) is 13.4. The largest absolute Gasteiger partial charge is 0.340 e. The molecular weight excluding hydrogens is 369 g/mol. The van der Waals surface area contributed by atoms with Crippen molar-refractivity contribution >= 4 is 16.9 Å². The molecule has 2 atom stereocenters. The quantitative estimate of drug-likeness (QED) is 0.564. The zero-order valence-corrected chi connectivity index (χ0v) is 16.5. The molecule has 4 aromatic rings. The number of aromatic nitrogens is 4. The molecule has 29 heavy (non-hydrogen) atoms. The Bertz CT molecular complexity index is 1160. The first-order valence-electron chi connectivity index (χ1n) is 9.42. The van der Waals surface area contributed by atoms with Crippen LogP contribution in [-0.4, -0.2) is 25.0 Å². The Morgan fingerprint density at radius 2 is 1.86 bits per heavy atom. The maximum Gasteiger partial charge on any atom is 0.243 e. The van der Waals surface area contributed by atoms with Gasteiger partial charge in [0.2, 0.25) is 5.91 Å². The molecule has 0 aliphatic heterocycles. The van der Waals surface area contributed by atoms with Gasteiger partial charge in [-0.25, -0.2) is 14.4 Å². The predicted octanol–water partition coefficient (Wildman–Crippen LogP) is 3.68. The molecular formula is C22H22FN5O. The lowest BCUT2D eigenvalue weighted by atomic mass is 10.1. The minimum absolute atomic E-state index is 0.173. The summed E-state index contributed by atoms with van der Waals surface area (Å²) in [5.74, 6) is 0.940. The van der Waals surface area contributed by atoms with E-state index in [2.05, 4.69) is 15.3 Å². The van der Waals surface area contributed by atoms with Crippen molar-refractivity contribution in [2.24, 2.45) is 7.05 Å². The molecule has 1 N–H and O–H groups in total. The number of rotatable bonds is 5. The van der Waals surface area contributed by atoms with Crippen molar-refractivity contribution in [1.82, 2.24) is 24.4 Å². The fourth-order valence-electron chi connectivity index (χ4n) is 3.64. The summed E-state index contributed by atoms with van der Waals surface area (Å²) < 4.78 is 17.2. The number of benzene rings is 2. The minimum Gasteiger partial charge on any atom is -0.340 e. The van der Waals surface area contributed by atoms with E-state index in [-0.39, 0.29) is 11.7 Å². The van der Waals surface area contributed by atoms with Crippen LogP contribution in [0.1, 0.15) is 36.2 Å². The highest BCUT2D eigenvalue weighted by Crippen LogP contribution is 2.24. The highest BCUT2D eigenvalue weighted by molar-refractivity contribution is 5.84. The predicted molar refractivity (Wildman–Crippen MR) is 109 cm³/mol. The van der Waals surface area contributed by atoms with Gasteiger partial charge in [-0.15, -0.1) is 0 Å². The van der Waals surface area contributed by atoms with E-state index in [0.29, 0.717) is 5.82 Å². The lowest BCUT2D eigenvalue weighted by Gasteiger charge is -2.23. The average molecular weight is 391 g/mol. The van der Waals surface area contributed by atoms with Crippen LogP contribution in [0.4, 0.5) is 4.39 Å². The number of amides is 1. The molecule has 0 saturated carbocycles. The zero-order valence-electron chi connectivity index (χ0n) is 16.5. The Morgan fingerprint density at radius 3 is 2.55 bits per heavy atom. The summed E-state index contributed by atoms with van der Waals surface area (Å²) >= 11 is 0. The maximum absolute atomic E-state index is 13.4. The number of nitrogens with one attached hydrogen (secondary N) is 1. The molecule has 0 saturated heterocycles. The summed E-state index contributed by atoms with van der Waals surface area (Å²) in [6.45, 7) is 3.73. The van der Waals surface area contributed by atoms with Crippen LogP contribution in [0.2, 0.25) is 0 Å². The molecule has 0 spiro atoms. The summed E-state index contributed by atoms with van der Waals surface area (Å²) in [6.07, 6.45) is 3.49. The molecule has 148 valence electrons. The number of hydrogen-bond donors (Lipinski definition) is 1. The third-order valence-electron chi connectivity index (χ3n) is 5.15. The molecule has 1 amide bonds. The topological polar surface area (TPSA) is 64.7 Å². The number of para-hydroxylation sites is 2. The second-order valence-corrected chi connectivity index (χ2v) is 7.08. The molecule has 2 aromatic heterocycles. The van der Waals surface area contributed by atoms with Crippen molar-refractivity contribution in [2.45, 2.75) is 25.9 Å². The van der Waals surface area contributed by atoms with Gasteiger partial charge >= 0.3 is 0 Å². The summed E-state index contributed by atoms with van der Waals surface area (Å²) in [5.41, 5.74) is 2.51. The summed E-state index contributed by atoms with van der Waals surface area (Å²) in [7, 11) is 1.86. The van der Waals surface area contributed by atoms with Gasteiger partial charge in [0.15, 0.2) is 0 Å². The molecule has 4 rings (SSSR count). The molecule has 0 aliphatic carbocycles. The Balaban J connectivity index is 1.68. The Labute approximate surface area is 168 Å². The summed E-state index contributed by atoms with van der Waals surface area (Å²) in [6, 6.07) is 12.9. The van der Waals surface area contributed by atoms with Gasteiger partial charge in [-0.05, 0) is 43.7 Å². The fourth-order valence-corrected chi connectivity index (χ4v) is 3.64. The third-order valence-corrected chi connectivity index (χ3v) is 5.15. The van der Waals surface area contributed by atoms with Crippen LogP contribution in [0.15, 0.2) is 60.9 Å². The number of nitrogens with zero attached hydrogens (tertiary/aromatic N) is 4. The molecule has 0 bridgehead atoms. The lowest BCUT2D eigenvalue weighted by molar-refractivity contribution is -0.124. The van der Waals surface area contributed by atoms with Crippen LogP contribution in [-0.2, 0) is 11.8 Å². The molecule has 0 aliphatic rings. The van der Waals surface area contributed by atoms with E-state index >= 15 is 0 Å². The van der Waals surface area contributed by atoms with Gasteiger partial charge in [0.1, 0.15) is 29.5 Å². The van der Waals surface area contributed by atoms with Crippen molar-refractivity contribution in [3.8, 4) is 0 Å². The fraction of sp³-hybridized carbons (Fsp3) is 0.227. The number of carbonyl (C=O) groups is 1. The number of fused-ring (bicyclic) bond motifs is 1. The number of hydrogen-bond acceptors (Lipinski definition) is 3. The molecule has 6 nitrogen and oxygen atoms in total. The van der Waals surface area contributed by atoms with E-state index in [4.69, 9.17) is 0 Å². The van der Waals surface area contributed by atoms with E-state index in [1.807, 2.05) is 60.5 Å². The molecule has 0 fully saturated rings. The Hall–Kier alpha value is -3.48. The van der Waals surface area contributed by atoms with E-state index in [1.54, 1.807) is 18.3 Å². The van der Waals surface area contributed by atoms with Gasteiger partial charge in [-0.2, -0.15) is 0 Å². The molecule has 0 radical (unpaired) electrons.